The summed E-state index contributed by atoms with van der Waals surface area (Å²) >= 11 is 0. The molecule has 0 unspecified atom stereocenters. The van der Waals surface area contributed by atoms with Gasteiger partial charge in [-0.3, -0.25) is 4.79 Å². The lowest BCUT2D eigenvalue weighted by molar-refractivity contribution is -0.148. The van der Waals surface area contributed by atoms with Crippen LogP contribution in [0.5, 0.6) is 0 Å². The molecule has 0 spiro atoms. The zero-order valence-corrected chi connectivity index (χ0v) is 16.1. The van der Waals surface area contributed by atoms with Crippen LogP contribution in [-0.2, 0) is 14.3 Å². The Morgan fingerprint density at radius 1 is 1.17 bits per heavy atom. The van der Waals surface area contributed by atoms with E-state index in [1.54, 1.807) is 18.2 Å². The van der Waals surface area contributed by atoms with Gasteiger partial charge in [0.25, 0.3) is 5.91 Å². The summed E-state index contributed by atoms with van der Waals surface area (Å²) in [6.45, 7) is 1.26. The molecule has 0 aliphatic rings. The number of hydrogen-bond acceptors (Lipinski definition) is 5. The topological polar surface area (TPSA) is 82.4 Å². The first-order valence-electron chi connectivity index (χ1n) is 8.57. The van der Waals surface area contributed by atoms with Crippen molar-refractivity contribution < 1.29 is 23.1 Å². The highest BCUT2D eigenvalue weighted by atomic mass is 19.1. The van der Waals surface area contributed by atoms with Crippen LogP contribution in [0.4, 0.5) is 20.2 Å². The summed E-state index contributed by atoms with van der Waals surface area (Å²) in [6, 6.07) is 11.4. The third-order valence-electron chi connectivity index (χ3n) is 3.90. The highest BCUT2D eigenvalue weighted by molar-refractivity contribution is 6.01. The third-order valence-corrected chi connectivity index (χ3v) is 3.90. The second-order valence-corrected chi connectivity index (χ2v) is 6.32. The normalized spacial score (nSPS) is 11.9. The zero-order chi connectivity index (χ0) is 21.6. The fraction of sp³-hybridized carbons (Fsp3) is 0.190. The molecule has 2 aromatic rings. The Balaban J connectivity index is 2.07. The number of amides is 1. The molecule has 150 valence electrons. The molecule has 6 nitrogen and oxygen atoms in total. The molecule has 1 amide bonds. The lowest BCUT2D eigenvalue weighted by atomic mass is 10.1. The predicted molar refractivity (Wildman–Crippen MR) is 105 cm³/mol. The van der Waals surface area contributed by atoms with Gasteiger partial charge in [0.15, 0.2) is 6.10 Å². The number of halogens is 2. The fourth-order valence-corrected chi connectivity index (χ4v) is 2.28. The smallest absolute Gasteiger partial charge is 0.349 e. The molecule has 0 saturated heterocycles. The largest absolute Gasteiger partial charge is 0.448 e. The van der Waals surface area contributed by atoms with E-state index in [2.05, 4.69) is 5.32 Å². The molecule has 8 heteroatoms. The van der Waals surface area contributed by atoms with Crippen LogP contribution < -0.4 is 10.2 Å². The second-order valence-electron chi connectivity index (χ2n) is 6.32. The quantitative estimate of drug-likeness (QED) is 0.457. The van der Waals surface area contributed by atoms with E-state index in [9.17, 15) is 23.6 Å². The lowest BCUT2D eigenvalue weighted by Crippen LogP contribution is -2.30. The monoisotopic (exact) mass is 399 g/mol. The maximum Gasteiger partial charge on any atom is 0.349 e. The molecule has 0 aliphatic carbocycles. The fourth-order valence-electron chi connectivity index (χ4n) is 2.28. The molecule has 1 N–H and O–H groups in total. The Kier molecular flexibility index (Phi) is 7.04. The van der Waals surface area contributed by atoms with Gasteiger partial charge in [-0.15, -0.1) is 0 Å². The van der Waals surface area contributed by atoms with Crippen LogP contribution in [0.25, 0.3) is 6.08 Å². The van der Waals surface area contributed by atoms with Crippen molar-refractivity contribution in [3.63, 3.8) is 0 Å². The van der Waals surface area contributed by atoms with Crippen LogP contribution in [0, 0.1) is 23.0 Å². The number of carbonyl (C=O) groups is 2. The van der Waals surface area contributed by atoms with Gasteiger partial charge in [-0.05, 0) is 42.8 Å². The van der Waals surface area contributed by atoms with Crippen molar-refractivity contribution in [3.8, 4) is 6.07 Å². The molecule has 0 aliphatic heterocycles. The second kappa shape index (κ2) is 9.46. The van der Waals surface area contributed by atoms with E-state index in [0.717, 1.165) is 23.9 Å². The lowest BCUT2D eigenvalue weighted by Gasteiger charge is -2.14. The van der Waals surface area contributed by atoms with Gasteiger partial charge < -0.3 is 15.0 Å². The van der Waals surface area contributed by atoms with Gasteiger partial charge in [0, 0.05) is 25.8 Å². The Labute approximate surface area is 167 Å². The van der Waals surface area contributed by atoms with Crippen molar-refractivity contribution in [3.05, 3.63) is 65.2 Å². The third kappa shape index (κ3) is 5.87. The van der Waals surface area contributed by atoms with E-state index in [-0.39, 0.29) is 11.3 Å². The average Bonchev–Trinajstić information content (AvgIpc) is 2.68. The van der Waals surface area contributed by atoms with Crippen LogP contribution >= 0.6 is 0 Å². The number of nitriles is 1. The number of hydrogen-bond donors (Lipinski definition) is 1. The van der Waals surface area contributed by atoms with Crippen LogP contribution in [0.2, 0.25) is 0 Å². The van der Waals surface area contributed by atoms with Crippen molar-refractivity contribution in [1.82, 2.24) is 0 Å². The Morgan fingerprint density at radius 3 is 2.41 bits per heavy atom. The Morgan fingerprint density at radius 2 is 1.83 bits per heavy atom. The molecule has 1 atom stereocenters. The highest BCUT2D eigenvalue weighted by Crippen LogP contribution is 2.17. The molecule has 0 radical (unpaired) electrons. The molecule has 29 heavy (non-hydrogen) atoms. The number of carbonyl (C=O) groups excluding carboxylic acids is 2. The first-order chi connectivity index (χ1) is 13.7. The molecule has 0 saturated carbocycles. The highest BCUT2D eigenvalue weighted by Gasteiger charge is 2.21. The molecule has 0 fully saturated rings. The Hall–Kier alpha value is -3.73. The van der Waals surface area contributed by atoms with Crippen molar-refractivity contribution in [2.75, 3.05) is 24.3 Å². The van der Waals surface area contributed by atoms with Gasteiger partial charge >= 0.3 is 5.97 Å². The molecule has 0 bridgehead atoms. The predicted octanol–water partition coefficient (Wildman–Crippen LogP) is 3.51. The average molecular weight is 399 g/mol. The first-order valence-corrected chi connectivity index (χ1v) is 8.57. The molecular weight excluding hydrogens is 380 g/mol. The van der Waals surface area contributed by atoms with E-state index in [0.29, 0.717) is 5.56 Å². The maximum absolute atomic E-state index is 13.6. The van der Waals surface area contributed by atoms with Crippen LogP contribution in [0.3, 0.4) is 0 Å². The van der Waals surface area contributed by atoms with Gasteiger partial charge in [-0.25, -0.2) is 13.6 Å². The van der Waals surface area contributed by atoms with Crippen LogP contribution in [0.15, 0.2) is 48.0 Å². The number of nitrogens with one attached hydrogen (secondary N) is 1. The number of nitrogens with zero attached hydrogens (tertiary/aromatic N) is 2. The minimum Gasteiger partial charge on any atom is -0.448 e. The van der Waals surface area contributed by atoms with Gasteiger partial charge in [0.2, 0.25) is 0 Å². The minimum absolute atomic E-state index is 0.306. The first kappa shape index (κ1) is 21.6. The van der Waals surface area contributed by atoms with Gasteiger partial charge in [0.05, 0.1) is 5.69 Å². The summed E-state index contributed by atoms with van der Waals surface area (Å²) in [5, 5.41) is 11.4. The van der Waals surface area contributed by atoms with E-state index < -0.39 is 29.6 Å². The van der Waals surface area contributed by atoms with E-state index in [1.165, 1.54) is 13.0 Å². The molecule has 2 rings (SSSR count). The molecule has 0 heterocycles. The van der Waals surface area contributed by atoms with E-state index in [4.69, 9.17) is 4.74 Å². The number of rotatable bonds is 6. The summed E-state index contributed by atoms with van der Waals surface area (Å²) in [7, 11) is 3.76. The molecule has 0 aromatic heterocycles. The van der Waals surface area contributed by atoms with Gasteiger partial charge in [-0.2, -0.15) is 5.26 Å². The number of benzene rings is 2. The van der Waals surface area contributed by atoms with Gasteiger partial charge in [0.1, 0.15) is 23.3 Å². The molecule has 2 aromatic carbocycles. The number of ether oxygens (including phenoxy) is 1. The van der Waals surface area contributed by atoms with E-state index in [1.807, 2.05) is 31.1 Å². The number of esters is 1. The SMILES string of the molecule is C[C@H](OC(=O)/C(C#N)=C/c1ccc(N(C)C)cc1)C(=O)Nc1cc(F)ccc1F. The number of anilines is 2. The summed E-state index contributed by atoms with van der Waals surface area (Å²) < 4.78 is 31.8. The zero-order valence-electron chi connectivity index (χ0n) is 16.1. The Bertz CT molecular complexity index is 980. The minimum atomic E-state index is -1.34. The summed E-state index contributed by atoms with van der Waals surface area (Å²) in [5.74, 6) is -3.44. The van der Waals surface area contributed by atoms with Crippen LogP contribution in [-0.4, -0.2) is 32.1 Å². The summed E-state index contributed by atoms with van der Waals surface area (Å²) in [4.78, 5) is 26.2. The maximum atomic E-state index is 13.6. The summed E-state index contributed by atoms with van der Waals surface area (Å²) in [6.07, 6.45) is -0.00317. The molecular formula is C21H19F2N3O3. The van der Waals surface area contributed by atoms with E-state index >= 15 is 0 Å². The van der Waals surface area contributed by atoms with Gasteiger partial charge in [-0.1, -0.05) is 12.1 Å². The van der Waals surface area contributed by atoms with Crippen molar-refractivity contribution >= 4 is 29.3 Å². The van der Waals surface area contributed by atoms with Crippen LogP contribution in [0.1, 0.15) is 12.5 Å². The van der Waals surface area contributed by atoms with Crippen molar-refractivity contribution in [2.24, 2.45) is 0 Å². The van der Waals surface area contributed by atoms with Crippen molar-refractivity contribution in [1.29, 1.82) is 5.26 Å². The summed E-state index contributed by atoms with van der Waals surface area (Å²) in [5.41, 5.74) is 0.857. The standard InChI is InChI=1S/C21H19F2N3O3/c1-13(20(27)25-19-11-16(22)6-9-18(19)23)29-21(28)15(12-24)10-14-4-7-17(8-5-14)26(2)3/h4-11,13H,1-3H3,(H,25,27)/b15-10+/t13-/m0/s1. The van der Waals surface area contributed by atoms with Crippen molar-refractivity contribution in [2.45, 2.75) is 13.0 Å².